The van der Waals surface area contributed by atoms with Crippen LogP contribution in [0, 0.1) is 0 Å². The molecule has 1 amide bonds. The van der Waals surface area contributed by atoms with Gasteiger partial charge in [-0.25, -0.2) is 0 Å². The van der Waals surface area contributed by atoms with Crippen LogP contribution >= 0.6 is 0 Å². The van der Waals surface area contributed by atoms with Crippen molar-refractivity contribution in [3.63, 3.8) is 0 Å². The smallest absolute Gasteiger partial charge is 0.266 e. The summed E-state index contributed by atoms with van der Waals surface area (Å²) < 4.78 is 5.80. The molecule has 0 aromatic heterocycles. The molecule has 2 heterocycles. The zero-order valence-corrected chi connectivity index (χ0v) is 12.4. The quantitative estimate of drug-likeness (QED) is 0.848. The summed E-state index contributed by atoms with van der Waals surface area (Å²) in [7, 11) is 1.59. The SMILES string of the molecule is CN1C(=O)[C@](O)([C@H]2OC(C)(C)CCC2=O)c2ccccc21. The fourth-order valence-electron chi connectivity index (χ4n) is 3.14. The zero-order valence-electron chi connectivity index (χ0n) is 12.4. The molecule has 112 valence electrons. The highest BCUT2D eigenvalue weighted by Gasteiger charge is 2.58. The summed E-state index contributed by atoms with van der Waals surface area (Å²) in [4.78, 5) is 26.2. The van der Waals surface area contributed by atoms with E-state index in [1.54, 1.807) is 31.3 Å². The summed E-state index contributed by atoms with van der Waals surface area (Å²) in [6.07, 6.45) is -0.261. The molecule has 1 aromatic carbocycles. The summed E-state index contributed by atoms with van der Waals surface area (Å²) in [5.74, 6) is -0.741. The summed E-state index contributed by atoms with van der Waals surface area (Å²) in [6, 6.07) is 6.97. The Bertz CT molecular complexity index is 624. The maximum absolute atomic E-state index is 12.6. The van der Waals surface area contributed by atoms with E-state index in [9.17, 15) is 14.7 Å². The summed E-state index contributed by atoms with van der Waals surface area (Å²) >= 11 is 0. The summed E-state index contributed by atoms with van der Waals surface area (Å²) in [5.41, 5.74) is -1.41. The minimum absolute atomic E-state index is 0.227. The molecule has 0 unspecified atom stereocenters. The Morgan fingerprint density at radius 2 is 1.95 bits per heavy atom. The Morgan fingerprint density at radius 3 is 2.67 bits per heavy atom. The molecule has 1 fully saturated rings. The number of para-hydroxylation sites is 1. The number of ether oxygens (including phenoxy) is 1. The molecule has 5 nitrogen and oxygen atoms in total. The van der Waals surface area contributed by atoms with E-state index in [2.05, 4.69) is 0 Å². The number of likely N-dealkylation sites (N-methyl/N-ethyl adjacent to an activating group) is 1. The van der Waals surface area contributed by atoms with Crippen LogP contribution in [0.4, 0.5) is 5.69 Å². The normalized spacial score (nSPS) is 31.4. The molecule has 0 aliphatic carbocycles. The fourth-order valence-corrected chi connectivity index (χ4v) is 3.14. The molecule has 2 atom stereocenters. The van der Waals surface area contributed by atoms with E-state index in [-0.39, 0.29) is 5.78 Å². The Hall–Kier alpha value is -1.72. The lowest BCUT2D eigenvalue weighted by Gasteiger charge is -2.40. The molecule has 21 heavy (non-hydrogen) atoms. The van der Waals surface area contributed by atoms with Gasteiger partial charge in [0.05, 0.1) is 11.3 Å². The highest BCUT2D eigenvalue weighted by atomic mass is 16.5. The maximum atomic E-state index is 12.6. The first-order valence-corrected chi connectivity index (χ1v) is 7.08. The average Bonchev–Trinajstić information content (AvgIpc) is 2.65. The number of rotatable bonds is 1. The van der Waals surface area contributed by atoms with Crippen molar-refractivity contribution in [1.82, 2.24) is 0 Å². The number of fused-ring (bicyclic) bond motifs is 1. The number of hydrogen-bond acceptors (Lipinski definition) is 4. The zero-order chi connectivity index (χ0) is 15.4. The van der Waals surface area contributed by atoms with Gasteiger partial charge in [-0.2, -0.15) is 0 Å². The van der Waals surface area contributed by atoms with Crippen molar-refractivity contribution in [3.05, 3.63) is 29.8 Å². The van der Waals surface area contributed by atoms with Crippen molar-refractivity contribution in [2.75, 3.05) is 11.9 Å². The van der Waals surface area contributed by atoms with E-state index in [4.69, 9.17) is 4.74 Å². The minimum Gasteiger partial charge on any atom is -0.373 e. The van der Waals surface area contributed by atoms with Crippen LogP contribution in [0.3, 0.4) is 0 Å². The van der Waals surface area contributed by atoms with Gasteiger partial charge in [0.1, 0.15) is 0 Å². The van der Waals surface area contributed by atoms with Gasteiger partial charge >= 0.3 is 0 Å². The summed E-state index contributed by atoms with van der Waals surface area (Å²) in [5, 5.41) is 11.1. The third kappa shape index (κ3) is 1.92. The van der Waals surface area contributed by atoms with Crippen LogP contribution in [-0.4, -0.2) is 35.5 Å². The molecular weight excluding hydrogens is 270 g/mol. The molecule has 1 saturated heterocycles. The third-order valence-corrected chi connectivity index (χ3v) is 4.39. The van der Waals surface area contributed by atoms with E-state index < -0.39 is 23.2 Å². The number of carbonyl (C=O) groups is 2. The third-order valence-electron chi connectivity index (χ3n) is 4.39. The number of nitrogens with zero attached hydrogens (tertiary/aromatic N) is 1. The number of anilines is 1. The van der Waals surface area contributed by atoms with Crippen molar-refractivity contribution in [1.29, 1.82) is 0 Å². The number of hydrogen-bond donors (Lipinski definition) is 1. The second kappa shape index (κ2) is 4.39. The van der Waals surface area contributed by atoms with Gasteiger partial charge in [0, 0.05) is 19.0 Å². The van der Waals surface area contributed by atoms with E-state index in [0.29, 0.717) is 24.1 Å². The van der Waals surface area contributed by atoms with Crippen LogP contribution in [0.5, 0.6) is 0 Å². The number of ketones is 1. The van der Waals surface area contributed by atoms with E-state index >= 15 is 0 Å². The predicted molar refractivity (Wildman–Crippen MR) is 76.9 cm³/mol. The second-order valence-corrected chi connectivity index (χ2v) is 6.37. The number of amides is 1. The molecule has 2 aliphatic heterocycles. The lowest BCUT2D eigenvalue weighted by atomic mass is 9.82. The van der Waals surface area contributed by atoms with Crippen molar-refractivity contribution >= 4 is 17.4 Å². The average molecular weight is 289 g/mol. The molecular formula is C16H19NO4. The number of carbonyl (C=O) groups excluding carboxylic acids is 2. The number of Topliss-reactive ketones (excluding diaryl/α,β-unsaturated/α-hetero) is 1. The van der Waals surface area contributed by atoms with Crippen LogP contribution in [0.15, 0.2) is 24.3 Å². The Morgan fingerprint density at radius 1 is 1.29 bits per heavy atom. The Kier molecular flexibility index (Phi) is 2.97. The largest absolute Gasteiger partial charge is 0.373 e. The van der Waals surface area contributed by atoms with E-state index in [0.717, 1.165) is 0 Å². The van der Waals surface area contributed by atoms with Crippen molar-refractivity contribution in [3.8, 4) is 0 Å². The van der Waals surface area contributed by atoms with Crippen LogP contribution in [0.2, 0.25) is 0 Å². The van der Waals surface area contributed by atoms with Crippen LogP contribution in [0.1, 0.15) is 32.3 Å². The van der Waals surface area contributed by atoms with Crippen molar-refractivity contribution < 1.29 is 19.4 Å². The monoisotopic (exact) mass is 289 g/mol. The molecule has 2 aliphatic rings. The van der Waals surface area contributed by atoms with Gasteiger partial charge in [0.2, 0.25) is 5.60 Å². The molecule has 1 aromatic rings. The number of aliphatic hydroxyl groups is 1. The molecule has 0 saturated carbocycles. The Labute approximate surface area is 123 Å². The van der Waals surface area contributed by atoms with E-state index in [1.807, 2.05) is 13.8 Å². The second-order valence-electron chi connectivity index (χ2n) is 6.37. The van der Waals surface area contributed by atoms with Gasteiger partial charge in [-0.05, 0) is 26.3 Å². The first-order valence-electron chi connectivity index (χ1n) is 7.08. The topological polar surface area (TPSA) is 66.8 Å². The van der Waals surface area contributed by atoms with Gasteiger partial charge < -0.3 is 14.7 Å². The highest BCUT2D eigenvalue weighted by Crippen LogP contribution is 2.45. The van der Waals surface area contributed by atoms with Crippen LogP contribution in [-0.2, 0) is 19.9 Å². The lowest BCUT2D eigenvalue weighted by molar-refractivity contribution is -0.195. The van der Waals surface area contributed by atoms with Gasteiger partial charge in [-0.1, -0.05) is 18.2 Å². The molecule has 3 rings (SSSR count). The minimum atomic E-state index is -1.93. The fraction of sp³-hybridized carbons (Fsp3) is 0.500. The number of benzene rings is 1. The van der Waals surface area contributed by atoms with Crippen LogP contribution < -0.4 is 4.90 Å². The highest BCUT2D eigenvalue weighted by molar-refractivity contribution is 6.10. The van der Waals surface area contributed by atoms with Crippen molar-refractivity contribution in [2.45, 2.75) is 44.0 Å². The molecule has 0 spiro atoms. The van der Waals surface area contributed by atoms with Crippen LogP contribution in [0.25, 0.3) is 0 Å². The maximum Gasteiger partial charge on any atom is 0.266 e. The standard InChI is InChI=1S/C16H19NO4/c1-15(2)9-8-12(18)13(21-15)16(20)10-6-4-5-7-11(10)17(3)14(16)19/h4-7,13,20H,8-9H2,1-3H3/t13-,16+/m0/s1. The molecule has 1 N–H and O–H groups in total. The van der Waals surface area contributed by atoms with Gasteiger partial charge in [0.15, 0.2) is 11.9 Å². The summed E-state index contributed by atoms with van der Waals surface area (Å²) in [6.45, 7) is 3.73. The van der Waals surface area contributed by atoms with Gasteiger partial charge in [-0.15, -0.1) is 0 Å². The van der Waals surface area contributed by atoms with Gasteiger partial charge in [0.25, 0.3) is 5.91 Å². The Balaban J connectivity index is 2.12. The predicted octanol–water partition coefficient (Wildman–Crippen LogP) is 1.38. The molecule has 5 heteroatoms. The van der Waals surface area contributed by atoms with E-state index in [1.165, 1.54) is 4.90 Å². The first kappa shape index (κ1) is 14.2. The first-order chi connectivity index (χ1) is 9.77. The van der Waals surface area contributed by atoms with Crippen molar-refractivity contribution in [2.24, 2.45) is 0 Å². The van der Waals surface area contributed by atoms with Gasteiger partial charge in [-0.3, -0.25) is 9.59 Å². The lowest BCUT2D eigenvalue weighted by Crippen LogP contribution is -2.57. The molecule has 0 bridgehead atoms. The molecule has 0 radical (unpaired) electrons.